The summed E-state index contributed by atoms with van der Waals surface area (Å²) < 4.78 is 36.9. The van der Waals surface area contributed by atoms with Gasteiger partial charge < -0.3 is 4.57 Å². The van der Waals surface area contributed by atoms with E-state index in [9.17, 15) is 13.2 Å². The van der Waals surface area contributed by atoms with E-state index in [2.05, 4.69) is 0 Å². The molecule has 0 aliphatic heterocycles. The van der Waals surface area contributed by atoms with E-state index < -0.39 is 12.7 Å². The van der Waals surface area contributed by atoms with Gasteiger partial charge in [0, 0.05) is 12.4 Å². The van der Waals surface area contributed by atoms with E-state index in [0.29, 0.717) is 0 Å². The van der Waals surface area contributed by atoms with E-state index in [0.717, 1.165) is 18.4 Å². The molecule has 0 N–H and O–H groups in total. The topological polar surface area (TPSA) is 4.93 Å². The maximum atomic E-state index is 11.9. The highest BCUT2D eigenvalue weighted by atomic mass is 19.4. The molecule has 0 radical (unpaired) electrons. The van der Waals surface area contributed by atoms with E-state index in [1.54, 1.807) is 12.3 Å². The maximum absolute atomic E-state index is 11.9. The number of nitrogens with zero attached hydrogens (tertiary/aromatic N) is 1. The third kappa shape index (κ3) is 3.53. The zero-order valence-electron chi connectivity index (χ0n) is 7.43. The first-order valence-corrected chi connectivity index (χ1v) is 4.22. The molecule has 1 aromatic rings. The summed E-state index contributed by atoms with van der Waals surface area (Å²) in [5.74, 6) is 0. The molecule has 1 aromatic heterocycles. The van der Waals surface area contributed by atoms with Gasteiger partial charge in [-0.15, -0.1) is 0 Å². The van der Waals surface area contributed by atoms with Crippen LogP contribution in [0.3, 0.4) is 0 Å². The largest absolute Gasteiger partial charge is 0.406 e. The molecule has 4 heteroatoms. The lowest BCUT2D eigenvalue weighted by Gasteiger charge is -2.06. The minimum Gasteiger partial charge on any atom is -0.345 e. The smallest absolute Gasteiger partial charge is 0.345 e. The molecule has 74 valence electrons. The number of alkyl halides is 3. The average molecular weight is 191 g/mol. The number of rotatable bonds is 3. The van der Waals surface area contributed by atoms with Crippen molar-refractivity contribution in [1.82, 2.24) is 4.57 Å². The van der Waals surface area contributed by atoms with Crippen LogP contribution in [-0.4, -0.2) is 10.7 Å². The molecule has 0 atom stereocenters. The first-order chi connectivity index (χ1) is 6.01. The number of aromatic nitrogens is 1. The molecular weight excluding hydrogens is 179 g/mol. The molecule has 0 aliphatic carbocycles. The van der Waals surface area contributed by atoms with Crippen molar-refractivity contribution in [3.05, 3.63) is 24.0 Å². The van der Waals surface area contributed by atoms with Gasteiger partial charge in [0.05, 0.1) is 0 Å². The van der Waals surface area contributed by atoms with Crippen molar-refractivity contribution < 1.29 is 13.2 Å². The molecule has 0 bridgehead atoms. The molecule has 0 aromatic carbocycles. The molecule has 0 amide bonds. The van der Waals surface area contributed by atoms with Crippen LogP contribution in [0.4, 0.5) is 13.2 Å². The fourth-order valence-corrected chi connectivity index (χ4v) is 1.23. The lowest BCUT2D eigenvalue weighted by atomic mass is 10.2. The summed E-state index contributed by atoms with van der Waals surface area (Å²) in [7, 11) is 0. The quantitative estimate of drug-likeness (QED) is 0.692. The van der Waals surface area contributed by atoms with E-state index >= 15 is 0 Å². The minimum atomic E-state index is -4.12. The van der Waals surface area contributed by atoms with Crippen LogP contribution in [0.15, 0.2) is 18.5 Å². The summed E-state index contributed by atoms with van der Waals surface area (Å²) in [6, 6.07) is 1.73. The highest BCUT2D eigenvalue weighted by Gasteiger charge is 2.27. The maximum Gasteiger partial charge on any atom is 0.406 e. The van der Waals surface area contributed by atoms with Crippen molar-refractivity contribution in [2.45, 2.75) is 32.5 Å². The molecular formula is C9H12F3N. The Kier molecular flexibility index (Phi) is 3.01. The molecule has 0 spiro atoms. The molecule has 0 aliphatic rings. The molecule has 1 heterocycles. The Morgan fingerprint density at radius 3 is 2.62 bits per heavy atom. The summed E-state index contributed by atoms with van der Waals surface area (Å²) in [5.41, 5.74) is 0.965. The summed E-state index contributed by atoms with van der Waals surface area (Å²) in [6.07, 6.45) is 0.693. The Morgan fingerprint density at radius 1 is 1.38 bits per heavy atom. The molecule has 1 nitrogen and oxygen atoms in total. The van der Waals surface area contributed by atoms with E-state index in [1.807, 2.05) is 6.92 Å². The van der Waals surface area contributed by atoms with Gasteiger partial charge in [-0.1, -0.05) is 13.3 Å². The monoisotopic (exact) mass is 191 g/mol. The van der Waals surface area contributed by atoms with E-state index in [-0.39, 0.29) is 0 Å². The predicted octanol–water partition coefficient (Wildman–Crippen LogP) is 3.00. The van der Waals surface area contributed by atoms with Crippen LogP contribution >= 0.6 is 0 Å². The second-order valence-corrected chi connectivity index (χ2v) is 3.06. The lowest BCUT2D eigenvalue weighted by Crippen LogP contribution is -2.16. The van der Waals surface area contributed by atoms with Crippen molar-refractivity contribution in [1.29, 1.82) is 0 Å². The highest BCUT2D eigenvalue weighted by Crippen LogP contribution is 2.18. The molecule has 0 saturated carbocycles. The summed E-state index contributed by atoms with van der Waals surface area (Å²) in [6.45, 7) is 1.11. The van der Waals surface area contributed by atoms with Gasteiger partial charge in [-0.05, 0) is 18.1 Å². The highest BCUT2D eigenvalue weighted by molar-refractivity contribution is 5.10. The number of aryl methyl sites for hydroxylation is 1. The predicted molar refractivity (Wildman–Crippen MR) is 44.5 cm³/mol. The third-order valence-electron chi connectivity index (χ3n) is 1.71. The molecule has 0 saturated heterocycles. The first kappa shape index (κ1) is 10.2. The van der Waals surface area contributed by atoms with Crippen LogP contribution in [-0.2, 0) is 13.0 Å². The fraction of sp³-hybridized carbons (Fsp3) is 0.556. The Balaban J connectivity index is 2.59. The normalized spacial score (nSPS) is 12.0. The van der Waals surface area contributed by atoms with Crippen LogP contribution in [0.25, 0.3) is 0 Å². The van der Waals surface area contributed by atoms with Crippen molar-refractivity contribution in [2.24, 2.45) is 0 Å². The van der Waals surface area contributed by atoms with Gasteiger partial charge in [-0.25, -0.2) is 0 Å². The minimum absolute atomic E-state index is 0.838. The zero-order chi connectivity index (χ0) is 9.90. The van der Waals surface area contributed by atoms with Gasteiger partial charge in [0.2, 0.25) is 0 Å². The molecule has 13 heavy (non-hydrogen) atoms. The van der Waals surface area contributed by atoms with Crippen LogP contribution in [0.2, 0.25) is 0 Å². The Bertz CT molecular complexity index is 262. The Labute approximate surface area is 75.2 Å². The summed E-state index contributed by atoms with van der Waals surface area (Å²) in [4.78, 5) is 0. The van der Waals surface area contributed by atoms with Crippen LogP contribution in [0.1, 0.15) is 18.9 Å². The second kappa shape index (κ2) is 3.85. The lowest BCUT2D eigenvalue weighted by molar-refractivity contribution is -0.140. The van der Waals surface area contributed by atoms with Crippen molar-refractivity contribution >= 4 is 0 Å². The number of hydrogen-bond donors (Lipinski definition) is 0. The van der Waals surface area contributed by atoms with E-state index in [4.69, 9.17) is 0 Å². The zero-order valence-corrected chi connectivity index (χ0v) is 7.43. The Hall–Kier alpha value is -0.930. The molecule has 1 rings (SSSR count). The van der Waals surface area contributed by atoms with Gasteiger partial charge in [0.25, 0.3) is 0 Å². The van der Waals surface area contributed by atoms with Crippen LogP contribution < -0.4 is 0 Å². The Morgan fingerprint density at radius 2 is 2.08 bits per heavy atom. The average Bonchev–Trinajstić information content (AvgIpc) is 2.33. The van der Waals surface area contributed by atoms with Crippen molar-refractivity contribution in [3.8, 4) is 0 Å². The standard InChI is InChI=1S/C9H12F3N/c1-2-3-8-4-5-13(6-8)7-9(10,11)12/h4-6H,2-3,7H2,1H3. The first-order valence-electron chi connectivity index (χ1n) is 4.22. The molecule has 0 unspecified atom stereocenters. The van der Waals surface area contributed by atoms with Crippen LogP contribution in [0.5, 0.6) is 0 Å². The van der Waals surface area contributed by atoms with Gasteiger partial charge in [0.1, 0.15) is 6.54 Å². The van der Waals surface area contributed by atoms with Gasteiger partial charge in [-0.2, -0.15) is 13.2 Å². The number of hydrogen-bond acceptors (Lipinski definition) is 0. The number of halogens is 3. The van der Waals surface area contributed by atoms with Gasteiger partial charge >= 0.3 is 6.18 Å². The molecule has 0 fully saturated rings. The fourth-order valence-electron chi connectivity index (χ4n) is 1.23. The summed E-state index contributed by atoms with van der Waals surface area (Å²) >= 11 is 0. The summed E-state index contributed by atoms with van der Waals surface area (Å²) in [5, 5.41) is 0. The van der Waals surface area contributed by atoms with Crippen molar-refractivity contribution in [2.75, 3.05) is 0 Å². The van der Waals surface area contributed by atoms with Crippen LogP contribution in [0, 0.1) is 0 Å². The van der Waals surface area contributed by atoms with E-state index in [1.165, 1.54) is 10.8 Å². The second-order valence-electron chi connectivity index (χ2n) is 3.06. The SMILES string of the molecule is CCCc1ccn(CC(F)(F)F)c1. The van der Waals surface area contributed by atoms with Gasteiger partial charge in [-0.3, -0.25) is 0 Å². The third-order valence-corrected chi connectivity index (χ3v) is 1.71. The van der Waals surface area contributed by atoms with Gasteiger partial charge in [0.15, 0.2) is 0 Å². The van der Waals surface area contributed by atoms with Crippen molar-refractivity contribution in [3.63, 3.8) is 0 Å².